The largest absolute Gasteiger partial charge is 0.270 e. The molecule has 1 heterocycles. The Balaban J connectivity index is 2.58. The first-order valence-corrected chi connectivity index (χ1v) is 5.89. The molecule has 1 aromatic carbocycles. The average Bonchev–Trinajstić information content (AvgIpc) is 2.34. The third-order valence-electron chi connectivity index (χ3n) is 2.22. The van der Waals surface area contributed by atoms with Crippen molar-refractivity contribution >= 4 is 40.5 Å². The Morgan fingerprint density at radius 2 is 1.83 bits per heavy atom. The maximum atomic E-state index is 10.7. The van der Waals surface area contributed by atoms with Crippen molar-refractivity contribution in [2.24, 2.45) is 0 Å². The number of aromatic nitrogens is 1. The van der Waals surface area contributed by atoms with Crippen molar-refractivity contribution in [3.8, 4) is 11.3 Å². The van der Waals surface area contributed by atoms with E-state index in [0.29, 0.717) is 11.3 Å². The predicted molar refractivity (Wildman–Crippen MR) is 71.4 cm³/mol. The Bertz CT molecular complexity index is 632. The lowest BCUT2D eigenvalue weighted by molar-refractivity contribution is -0.384. The summed E-state index contributed by atoms with van der Waals surface area (Å²) < 4.78 is 0. The predicted octanol–water partition coefficient (Wildman–Crippen LogP) is 4.62. The summed E-state index contributed by atoms with van der Waals surface area (Å²) in [7, 11) is 0. The lowest BCUT2D eigenvalue weighted by Crippen LogP contribution is -1.91. The molecule has 0 saturated heterocycles. The molecule has 0 atom stereocenters. The Labute approximate surface area is 117 Å². The summed E-state index contributed by atoms with van der Waals surface area (Å²) in [5, 5.41) is 11.3. The molecule has 92 valence electrons. The molecule has 0 radical (unpaired) electrons. The summed E-state index contributed by atoms with van der Waals surface area (Å²) in [4.78, 5) is 14.2. The molecule has 0 fully saturated rings. The topological polar surface area (TPSA) is 56.0 Å². The van der Waals surface area contributed by atoms with Crippen molar-refractivity contribution < 1.29 is 4.92 Å². The van der Waals surface area contributed by atoms with Gasteiger partial charge < -0.3 is 0 Å². The summed E-state index contributed by atoms with van der Waals surface area (Å²) in [5.74, 6) is 0. The molecule has 18 heavy (non-hydrogen) atoms. The standard InChI is InChI=1S/C11H5Cl3N2O2/c12-8-5-9(13)11(14)15-10(8)6-2-1-3-7(4-6)16(17)18/h1-5H. The van der Waals surface area contributed by atoms with Crippen molar-refractivity contribution in [1.29, 1.82) is 0 Å². The fourth-order valence-corrected chi connectivity index (χ4v) is 2.02. The molecule has 4 nitrogen and oxygen atoms in total. The van der Waals surface area contributed by atoms with Crippen LogP contribution in [-0.4, -0.2) is 9.91 Å². The second-order valence-corrected chi connectivity index (χ2v) is 4.57. The van der Waals surface area contributed by atoms with Gasteiger partial charge in [-0.25, -0.2) is 4.98 Å². The molecule has 0 amide bonds. The molecule has 0 unspecified atom stereocenters. The number of nitro groups is 1. The number of nitrogens with zero attached hydrogens (tertiary/aromatic N) is 2. The number of non-ortho nitro benzene ring substituents is 1. The number of halogens is 3. The Hall–Kier alpha value is -1.36. The molecule has 0 saturated carbocycles. The lowest BCUT2D eigenvalue weighted by atomic mass is 10.1. The number of benzene rings is 1. The van der Waals surface area contributed by atoms with Gasteiger partial charge in [0.05, 0.1) is 20.7 Å². The van der Waals surface area contributed by atoms with E-state index >= 15 is 0 Å². The van der Waals surface area contributed by atoms with E-state index in [0.717, 1.165) is 0 Å². The number of hydrogen-bond donors (Lipinski definition) is 0. The molecule has 0 N–H and O–H groups in total. The average molecular weight is 304 g/mol. The molecule has 0 aliphatic heterocycles. The van der Waals surface area contributed by atoms with Gasteiger partial charge in [-0.1, -0.05) is 46.9 Å². The van der Waals surface area contributed by atoms with E-state index in [1.807, 2.05) is 0 Å². The molecular formula is C11H5Cl3N2O2. The van der Waals surface area contributed by atoms with Gasteiger partial charge in [0.25, 0.3) is 5.69 Å². The van der Waals surface area contributed by atoms with Crippen LogP contribution in [0.4, 0.5) is 5.69 Å². The van der Waals surface area contributed by atoms with Crippen molar-refractivity contribution in [2.75, 3.05) is 0 Å². The summed E-state index contributed by atoms with van der Waals surface area (Å²) in [6, 6.07) is 7.42. The number of hydrogen-bond acceptors (Lipinski definition) is 3. The maximum Gasteiger partial charge on any atom is 0.270 e. The SMILES string of the molecule is O=[N+]([O-])c1cccc(-c2nc(Cl)c(Cl)cc2Cl)c1. The van der Waals surface area contributed by atoms with Crippen molar-refractivity contribution in [2.45, 2.75) is 0 Å². The number of nitro benzene ring substituents is 1. The van der Waals surface area contributed by atoms with Gasteiger partial charge in [0, 0.05) is 17.7 Å². The van der Waals surface area contributed by atoms with Crippen LogP contribution in [0.2, 0.25) is 15.2 Å². The first kappa shape index (κ1) is 13.1. The number of pyridine rings is 1. The highest BCUT2D eigenvalue weighted by Gasteiger charge is 2.13. The van der Waals surface area contributed by atoms with Gasteiger partial charge in [-0.3, -0.25) is 10.1 Å². The zero-order chi connectivity index (χ0) is 13.3. The summed E-state index contributed by atoms with van der Waals surface area (Å²) in [6.45, 7) is 0. The molecule has 0 spiro atoms. The summed E-state index contributed by atoms with van der Waals surface area (Å²) in [6.07, 6.45) is 0. The third-order valence-corrected chi connectivity index (χ3v) is 3.18. The van der Waals surface area contributed by atoms with Crippen molar-refractivity contribution in [3.63, 3.8) is 0 Å². The van der Waals surface area contributed by atoms with Gasteiger partial charge in [-0.05, 0) is 6.07 Å². The second-order valence-electron chi connectivity index (χ2n) is 3.40. The van der Waals surface area contributed by atoms with Gasteiger partial charge in [0.2, 0.25) is 0 Å². The van der Waals surface area contributed by atoms with Crippen molar-refractivity contribution in [3.05, 3.63) is 55.6 Å². The van der Waals surface area contributed by atoms with Gasteiger partial charge >= 0.3 is 0 Å². The Morgan fingerprint density at radius 3 is 2.50 bits per heavy atom. The fraction of sp³-hybridized carbons (Fsp3) is 0. The molecular weight excluding hydrogens is 298 g/mol. The van der Waals surface area contributed by atoms with E-state index in [1.54, 1.807) is 12.1 Å². The van der Waals surface area contributed by atoms with Crippen LogP contribution >= 0.6 is 34.8 Å². The first-order chi connectivity index (χ1) is 8.49. The van der Waals surface area contributed by atoms with Crippen LogP contribution in [0.1, 0.15) is 0 Å². The maximum absolute atomic E-state index is 10.7. The summed E-state index contributed by atoms with van der Waals surface area (Å²) in [5.41, 5.74) is 0.818. The van der Waals surface area contributed by atoms with Crippen LogP contribution < -0.4 is 0 Å². The minimum absolute atomic E-state index is 0.0450. The first-order valence-electron chi connectivity index (χ1n) is 4.75. The molecule has 7 heteroatoms. The smallest absolute Gasteiger partial charge is 0.258 e. The van der Waals surface area contributed by atoms with E-state index in [-0.39, 0.29) is 20.9 Å². The molecule has 1 aromatic heterocycles. The van der Waals surface area contributed by atoms with Gasteiger partial charge in [0.15, 0.2) is 0 Å². The highest BCUT2D eigenvalue weighted by Crippen LogP contribution is 2.33. The minimum Gasteiger partial charge on any atom is -0.258 e. The van der Waals surface area contributed by atoms with Crippen LogP contribution in [0, 0.1) is 10.1 Å². The van der Waals surface area contributed by atoms with Crippen LogP contribution in [-0.2, 0) is 0 Å². The van der Waals surface area contributed by atoms with Crippen LogP contribution in [0.5, 0.6) is 0 Å². The molecule has 0 aliphatic rings. The van der Waals surface area contributed by atoms with Crippen LogP contribution in [0.15, 0.2) is 30.3 Å². The molecule has 0 bridgehead atoms. The molecule has 0 aliphatic carbocycles. The highest BCUT2D eigenvalue weighted by atomic mass is 35.5. The highest BCUT2D eigenvalue weighted by molar-refractivity contribution is 6.42. The lowest BCUT2D eigenvalue weighted by Gasteiger charge is -2.05. The fourth-order valence-electron chi connectivity index (χ4n) is 1.41. The Kier molecular flexibility index (Phi) is 3.71. The van der Waals surface area contributed by atoms with Crippen LogP contribution in [0.3, 0.4) is 0 Å². The molecule has 2 rings (SSSR count). The zero-order valence-electron chi connectivity index (χ0n) is 8.73. The normalized spacial score (nSPS) is 10.4. The zero-order valence-corrected chi connectivity index (χ0v) is 11.0. The second kappa shape index (κ2) is 5.10. The van der Waals surface area contributed by atoms with E-state index in [1.165, 1.54) is 18.2 Å². The van der Waals surface area contributed by atoms with Gasteiger partial charge in [-0.2, -0.15) is 0 Å². The quantitative estimate of drug-likeness (QED) is 0.462. The van der Waals surface area contributed by atoms with Gasteiger partial charge in [-0.15, -0.1) is 0 Å². The van der Waals surface area contributed by atoms with E-state index in [2.05, 4.69) is 4.98 Å². The Morgan fingerprint density at radius 1 is 1.11 bits per heavy atom. The third kappa shape index (κ3) is 2.56. The van der Waals surface area contributed by atoms with Gasteiger partial charge in [0.1, 0.15) is 5.15 Å². The van der Waals surface area contributed by atoms with E-state index < -0.39 is 4.92 Å². The van der Waals surface area contributed by atoms with E-state index in [9.17, 15) is 10.1 Å². The summed E-state index contributed by atoms with van der Waals surface area (Å²) >= 11 is 17.6. The number of rotatable bonds is 2. The monoisotopic (exact) mass is 302 g/mol. The van der Waals surface area contributed by atoms with Crippen LogP contribution in [0.25, 0.3) is 11.3 Å². The minimum atomic E-state index is -0.491. The van der Waals surface area contributed by atoms with E-state index in [4.69, 9.17) is 34.8 Å². The molecule has 2 aromatic rings. The van der Waals surface area contributed by atoms with Crippen molar-refractivity contribution in [1.82, 2.24) is 4.98 Å².